The van der Waals surface area contributed by atoms with E-state index in [2.05, 4.69) is 12.2 Å². The molecule has 0 bridgehead atoms. The second-order valence-corrected chi connectivity index (χ2v) is 3.89. The zero-order valence-corrected chi connectivity index (χ0v) is 9.08. The lowest BCUT2D eigenvalue weighted by Crippen LogP contribution is -2.34. The van der Waals surface area contributed by atoms with Crippen LogP contribution in [-0.4, -0.2) is 35.7 Å². The lowest BCUT2D eigenvalue weighted by Gasteiger charge is -2.24. The molecule has 1 unspecified atom stereocenters. The fourth-order valence-electron chi connectivity index (χ4n) is 0.971. The maximum Gasteiger partial charge on any atom is 0.390 e. The fraction of sp³-hybridized carbons (Fsp3) is 0.875. The van der Waals surface area contributed by atoms with E-state index in [-0.39, 0.29) is 12.6 Å². The predicted molar refractivity (Wildman–Crippen MR) is 54.2 cm³/mol. The smallest absolute Gasteiger partial charge is 0.390 e. The third-order valence-electron chi connectivity index (χ3n) is 2.00. The van der Waals surface area contributed by atoms with E-state index in [1.165, 1.54) is 0 Å². The quantitative estimate of drug-likeness (QED) is 0.729. The number of hydrogen-bond donors (Lipinski definition) is 1. The van der Waals surface area contributed by atoms with Crippen molar-refractivity contribution in [2.45, 2.75) is 32.0 Å². The maximum absolute atomic E-state index is 11.9. The van der Waals surface area contributed by atoms with Crippen LogP contribution in [0.3, 0.4) is 0 Å². The van der Waals surface area contributed by atoms with Gasteiger partial charge in [-0.2, -0.15) is 13.2 Å². The van der Waals surface area contributed by atoms with Crippen molar-refractivity contribution in [3.8, 4) is 0 Å². The summed E-state index contributed by atoms with van der Waals surface area (Å²) in [6.07, 6.45) is -4.45. The third-order valence-corrected chi connectivity index (χ3v) is 2.16. The summed E-state index contributed by atoms with van der Waals surface area (Å²) in [4.78, 5) is 1.93. The highest BCUT2D eigenvalue weighted by Crippen LogP contribution is 2.20. The van der Waals surface area contributed by atoms with Crippen LogP contribution in [0.4, 0.5) is 13.2 Å². The molecule has 0 heterocycles. The van der Waals surface area contributed by atoms with Crippen LogP contribution in [0.5, 0.6) is 0 Å². The molecule has 0 saturated heterocycles. The summed E-state index contributed by atoms with van der Waals surface area (Å²) in [5.41, 5.74) is 5.30. The molecule has 2 N–H and O–H groups in total. The van der Waals surface area contributed by atoms with Gasteiger partial charge in [-0.1, -0.05) is 12.2 Å². The van der Waals surface area contributed by atoms with Crippen molar-refractivity contribution in [2.24, 2.45) is 5.73 Å². The van der Waals surface area contributed by atoms with E-state index in [0.29, 0.717) is 11.4 Å². The van der Waals surface area contributed by atoms with Crippen molar-refractivity contribution in [2.75, 3.05) is 13.6 Å². The summed E-state index contributed by atoms with van der Waals surface area (Å²) in [5, 5.41) is 0. The number of nitrogens with zero attached hydrogens (tertiary/aromatic N) is 1. The Bertz CT molecular complexity index is 194. The lowest BCUT2D eigenvalue weighted by atomic mass is 10.2. The Balaban J connectivity index is 3.84. The van der Waals surface area contributed by atoms with Gasteiger partial charge in [-0.25, -0.2) is 0 Å². The minimum absolute atomic E-state index is 0.0206. The molecule has 0 saturated carbocycles. The van der Waals surface area contributed by atoms with Gasteiger partial charge in [0.1, 0.15) is 0 Å². The number of alkyl halides is 3. The second-order valence-electron chi connectivity index (χ2n) is 3.37. The molecule has 0 aromatic rings. The molecule has 0 aliphatic carbocycles. The van der Waals surface area contributed by atoms with E-state index in [1.54, 1.807) is 18.9 Å². The van der Waals surface area contributed by atoms with Crippen LogP contribution in [0.1, 0.15) is 19.8 Å². The molecule has 0 aliphatic rings. The Morgan fingerprint density at radius 3 is 2.36 bits per heavy atom. The van der Waals surface area contributed by atoms with Gasteiger partial charge in [0, 0.05) is 19.0 Å². The van der Waals surface area contributed by atoms with E-state index < -0.39 is 12.6 Å². The SMILES string of the molecule is CC(CC(N)=S)N(C)CCC(F)(F)F. The lowest BCUT2D eigenvalue weighted by molar-refractivity contribution is -0.138. The number of rotatable bonds is 5. The molecule has 0 radical (unpaired) electrons. The molecule has 0 spiro atoms. The minimum Gasteiger partial charge on any atom is -0.393 e. The monoisotopic (exact) mass is 228 g/mol. The van der Waals surface area contributed by atoms with Gasteiger partial charge in [-0.15, -0.1) is 0 Å². The fourth-order valence-corrected chi connectivity index (χ4v) is 1.21. The Labute approximate surface area is 87.2 Å². The first-order valence-corrected chi connectivity index (χ1v) is 4.68. The largest absolute Gasteiger partial charge is 0.393 e. The molecule has 14 heavy (non-hydrogen) atoms. The molecule has 84 valence electrons. The van der Waals surface area contributed by atoms with Crippen molar-refractivity contribution in [3.63, 3.8) is 0 Å². The first-order chi connectivity index (χ1) is 6.22. The first-order valence-electron chi connectivity index (χ1n) is 4.27. The van der Waals surface area contributed by atoms with E-state index in [1.807, 2.05) is 0 Å². The Hall–Kier alpha value is -0.360. The van der Waals surface area contributed by atoms with Gasteiger partial charge in [0.15, 0.2) is 0 Å². The van der Waals surface area contributed by atoms with Crippen LogP contribution in [0.2, 0.25) is 0 Å². The van der Waals surface area contributed by atoms with Crippen LogP contribution < -0.4 is 5.73 Å². The summed E-state index contributed by atoms with van der Waals surface area (Å²) in [6, 6.07) is -0.0464. The van der Waals surface area contributed by atoms with Gasteiger partial charge in [0.05, 0.1) is 11.4 Å². The summed E-state index contributed by atoms with van der Waals surface area (Å²) in [5.74, 6) is 0. The van der Waals surface area contributed by atoms with E-state index in [9.17, 15) is 13.2 Å². The Kier molecular flexibility index (Phi) is 5.36. The molecule has 0 aliphatic heterocycles. The molecule has 2 nitrogen and oxygen atoms in total. The Morgan fingerprint density at radius 1 is 1.50 bits per heavy atom. The summed E-state index contributed by atoms with van der Waals surface area (Å²) in [7, 11) is 1.63. The summed E-state index contributed by atoms with van der Waals surface area (Å²) < 4.78 is 35.6. The summed E-state index contributed by atoms with van der Waals surface area (Å²) in [6.45, 7) is 1.78. The number of nitrogens with two attached hydrogens (primary N) is 1. The molecule has 6 heteroatoms. The first kappa shape index (κ1) is 13.6. The van der Waals surface area contributed by atoms with Gasteiger partial charge < -0.3 is 10.6 Å². The van der Waals surface area contributed by atoms with Crippen LogP contribution in [0, 0.1) is 0 Å². The van der Waals surface area contributed by atoms with Crippen molar-refractivity contribution in [1.29, 1.82) is 0 Å². The molecule has 1 atom stereocenters. The minimum atomic E-state index is -4.10. The van der Waals surface area contributed by atoms with Gasteiger partial charge in [-0.3, -0.25) is 0 Å². The highest BCUT2D eigenvalue weighted by Gasteiger charge is 2.27. The molecule has 0 aromatic carbocycles. The van der Waals surface area contributed by atoms with Crippen molar-refractivity contribution in [3.05, 3.63) is 0 Å². The predicted octanol–water partition coefficient (Wildman–Crippen LogP) is 1.94. The standard InChI is InChI=1S/C8H15F3N2S/c1-6(5-7(12)14)13(2)4-3-8(9,10)11/h6H,3-5H2,1-2H3,(H2,12,14). The number of halogens is 3. The van der Waals surface area contributed by atoms with Crippen LogP contribution in [0.15, 0.2) is 0 Å². The van der Waals surface area contributed by atoms with E-state index >= 15 is 0 Å². The van der Waals surface area contributed by atoms with E-state index in [4.69, 9.17) is 5.73 Å². The van der Waals surface area contributed by atoms with Gasteiger partial charge >= 0.3 is 6.18 Å². The summed E-state index contributed by atoms with van der Waals surface area (Å²) >= 11 is 4.68. The molecule has 0 amide bonds. The second kappa shape index (κ2) is 5.50. The van der Waals surface area contributed by atoms with Gasteiger partial charge in [0.25, 0.3) is 0 Å². The highest BCUT2D eigenvalue weighted by molar-refractivity contribution is 7.80. The topological polar surface area (TPSA) is 29.3 Å². The maximum atomic E-state index is 11.9. The van der Waals surface area contributed by atoms with Crippen LogP contribution in [0.25, 0.3) is 0 Å². The van der Waals surface area contributed by atoms with Crippen molar-refractivity contribution in [1.82, 2.24) is 4.90 Å². The normalized spacial score (nSPS) is 14.4. The number of thiocarbonyl (C=S) groups is 1. The molecule has 0 fully saturated rings. The zero-order valence-electron chi connectivity index (χ0n) is 8.27. The average Bonchev–Trinajstić information content (AvgIpc) is 1.97. The van der Waals surface area contributed by atoms with Gasteiger partial charge in [0.2, 0.25) is 0 Å². The molecule has 0 rings (SSSR count). The average molecular weight is 228 g/mol. The third kappa shape index (κ3) is 7.08. The van der Waals surface area contributed by atoms with E-state index in [0.717, 1.165) is 0 Å². The van der Waals surface area contributed by atoms with Crippen LogP contribution >= 0.6 is 12.2 Å². The number of hydrogen-bond acceptors (Lipinski definition) is 2. The highest BCUT2D eigenvalue weighted by atomic mass is 32.1. The van der Waals surface area contributed by atoms with Crippen LogP contribution in [-0.2, 0) is 0 Å². The molecular formula is C8H15F3N2S. The van der Waals surface area contributed by atoms with Crippen molar-refractivity contribution < 1.29 is 13.2 Å². The Morgan fingerprint density at radius 2 is 2.00 bits per heavy atom. The van der Waals surface area contributed by atoms with Gasteiger partial charge in [-0.05, 0) is 14.0 Å². The molecular weight excluding hydrogens is 213 g/mol. The van der Waals surface area contributed by atoms with Crippen molar-refractivity contribution >= 4 is 17.2 Å². The zero-order chi connectivity index (χ0) is 11.4. The molecule has 0 aromatic heterocycles.